The van der Waals surface area contributed by atoms with Gasteiger partial charge in [-0.2, -0.15) is 0 Å². The number of hydrogen-bond donors (Lipinski definition) is 1. The Morgan fingerprint density at radius 2 is 2.12 bits per heavy atom. The number of halogens is 1. The molecule has 0 saturated carbocycles. The fourth-order valence-electron chi connectivity index (χ4n) is 1.45. The van der Waals surface area contributed by atoms with Gasteiger partial charge in [0.25, 0.3) is 5.91 Å². The molecule has 0 radical (unpaired) electrons. The van der Waals surface area contributed by atoms with Crippen molar-refractivity contribution in [3.63, 3.8) is 0 Å². The molecule has 1 heterocycles. The molecule has 5 heteroatoms. The van der Waals surface area contributed by atoms with E-state index in [4.69, 9.17) is 21.1 Å². The lowest BCUT2D eigenvalue weighted by atomic mass is 10.1. The van der Waals surface area contributed by atoms with Crippen LogP contribution in [0.25, 0.3) is 0 Å². The number of amides is 1. The molecule has 0 fully saturated rings. The topological polar surface area (TPSA) is 47.6 Å². The largest absolute Gasteiger partial charge is 0.454 e. The second-order valence-corrected chi connectivity index (χ2v) is 4.81. The molecule has 4 nitrogen and oxygen atoms in total. The van der Waals surface area contributed by atoms with Gasteiger partial charge < -0.3 is 14.8 Å². The maximum Gasteiger partial charge on any atom is 0.251 e. The Morgan fingerprint density at radius 1 is 1.41 bits per heavy atom. The van der Waals surface area contributed by atoms with E-state index in [2.05, 4.69) is 5.32 Å². The highest BCUT2D eigenvalue weighted by Crippen LogP contribution is 2.32. The average molecular weight is 256 g/mol. The summed E-state index contributed by atoms with van der Waals surface area (Å²) in [6.45, 7) is 3.93. The molecule has 1 aliphatic rings. The Hall–Kier alpha value is -1.42. The fourth-order valence-corrected chi connectivity index (χ4v) is 1.52. The number of benzene rings is 1. The lowest BCUT2D eigenvalue weighted by molar-refractivity contribution is 0.0920. The van der Waals surface area contributed by atoms with Crippen molar-refractivity contribution >= 4 is 17.5 Å². The summed E-state index contributed by atoms with van der Waals surface area (Å²) in [5.41, 5.74) is 0.0992. The minimum absolute atomic E-state index is 0.172. The minimum atomic E-state index is -0.436. The van der Waals surface area contributed by atoms with Crippen LogP contribution in [-0.2, 0) is 0 Å². The molecule has 2 rings (SSSR count). The van der Waals surface area contributed by atoms with Gasteiger partial charge in [-0.05, 0) is 32.0 Å². The van der Waals surface area contributed by atoms with Crippen LogP contribution in [0.15, 0.2) is 18.2 Å². The van der Waals surface area contributed by atoms with Crippen molar-refractivity contribution in [3.8, 4) is 11.5 Å². The standard InChI is InChI=1S/C12H14ClNO3/c1-12(2,6-13)14-11(15)8-3-4-9-10(5-8)17-7-16-9/h3-5H,6-7H2,1-2H3,(H,14,15). The van der Waals surface area contributed by atoms with E-state index in [1.807, 2.05) is 13.8 Å². The van der Waals surface area contributed by atoms with E-state index in [1.165, 1.54) is 0 Å². The van der Waals surface area contributed by atoms with Crippen LogP contribution >= 0.6 is 11.6 Å². The molecule has 17 heavy (non-hydrogen) atoms. The summed E-state index contributed by atoms with van der Waals surface area (Å²) >= 11 is 5.76. The molecule has 0 unspecified atom stereocenters. The quantitative estimate of drug-likeness (QED) is 0.842. The van der Waals surface area contributed by atoms with Gasteiger partial charge in [0.15, 0.2) is 11.5 Å². The second kappa shape index (κ2) is 4.45. The van der Waals surface area contributed by atoms with Crippen molar-refractivity contribution < 1.29 is 14.3 Å². The molecule has 92 valence electrons. The fraction of sp³-hybridized carbons (Fsp3) is 0.417. The molecule has 1 aromatic rings. The summed E-state index contributed by atoms with van der Waals surface area (Å²) in [6, 6.07) is 5.10. The minimum Gasteiger partial charge on any atom is -0.454 e. The van der Waals surface area contributed by atoms with E-state index >= 15 is 0 Å². The number of carbonyl (C=O) groups excluding carboxylic acids is 1. The van der Waals surface area contributed by atoms with Crippen LogP contribution in [0.2, 0.25) is 0 Å². The number of ether oxygens (including phenoxy) is 2. The molecule has 0 aliphatic carbocycles. The SMILES string of the molecule is CC(C)(CCl)NC(=O)c1ccc2c(c1)OCO2. The van der Waals surface area contributed by atoms with E-state index < -0.39 is 5.54 Å². The molecule has 1 aliphatic heterocycles. The normalized spacial score (nSPS) is 13.6. The second-order valence-electron chi connectivity index (χ2n) is 4.54. The van der Waals surface area contributed by atoms with Gasteiger partial charge in [0.1, 0.15) is 0 Å². The van der Waals surface area contributed by atoms with Crippen molar-refractivity contribution in [3.05, 3.63) is 23.8 Å². The van der Waals surface area contributed by atoms with E-state index in [1.54, 1.807) is 18.2 Å². The third-order valence-electron chi connectivity index (χ3n) is 2.42. The molecule has 1 aromatic carbocycles. The Kier molecular flexibility index (Phi) is 3.15. The number of alkyl halides is 1. The van der Waals surface area contributed by atoms with Gasteiger partial charge >= 0.3 is 0 Å². The van der Waals surface area contributed by atoms with Gasteiger partial charge in [-0.15, -0.1) is 11.6 Å². The lowest BCUT2D eigenvalue weighted by Crippen LogP contribution is -2.44. The Balaban J connectivity index is 2.15. The summed E-state index contributed by atoms with van der Waals surface area (Å²) in [6.07, 6.45) is 0. The summed E-state index contributed by atoms with van der Waals surface area (Å²) in [4.78, 5) is 12.0. The van der Waals surface area contributed by atoms with Gasteiger partial charge in [0.05, 0.1) is 0 Å². The monoisotopic (exact) mass is 255 g/mol. The van der Waals surface area contributed by atoms with Crippen molar-refractivity contribution in [2.24, 2.45) is 0 Å². The van der Waals surface area contributed by atoms with Crippen LogP contribution in [0, 0.1) is 0 Å². The predicted molar refractivity (Wildman–Crippen MR) is 64.8 cm³/mol. The highest BCUT2D eigenvalue weighted by molar-refractivity contribution is 6.18. The number of nitrogens with one attached hydrogen (secondary N) is 1. The van der Waals surface area contributed by atoms with E-state index in [9.17, 15) is 4.79 Å². The number of rotatable bonds is 3. The first-order valence-corrected chi connectivity index (χ1v) is 5.83. The van der Waals surface area contributed by atoms with Gasteiger partial charge in [0, 0.05) is 17.0 Å². The molecule has 0 spiro atoms. The number of hydrogen-bond acceptors (Lipinski definition) is 3. The summed E-state index contributed by atoms with van der Waals surface area (Å²) in [7, 11) is 0. The van der Waals surface area contributed by atoms with Gasteiger partial charge in [-0.3, -0.25) is 4.79 Å². The van der Waals surface area contributed by atoms with Crippen LogP contribution in [0.5, 0.6) is 11.5 Å². The smallest absolute Gasteiger partial charge is 0.251 e. The molecular weight excluding hydrogens is 242 g/mol. The summed E-state index contributed by atoms with van der Waals surface area (Å²) in [5, 5.41) is 2.85. The van der Waals surface area contributed by atoms with Gasteiger partial charge in [-0.1, -0.05) is 0 Å². The van der Waals surface area contributed by atoms with E-state index in [0.29, 0.717) is 22.9 Å². The average Bonchev–Trinajstić information content (AvgIpc) is 2.75. The molecular formula is C12H14ClNO3. The Morgan fingerprint density at radius 3 is 2.82 bits per heavy atom. The van der Waals surface area contributed by atoms with Crippen LogP contribution in [0.3, 0.4) is 0 Å². The lowest BCUT2D eigenvalue weighted by Gasteiger charge is -2.23. The first-order chi connectivity index (χ1) is 8.02. The zero-order valence-electron chi connectivity index (χ0n) is 9.75. The first kappa shape index (κ1) is 12.0. The Labute approximate surface area is 105 Å². The predicted octanol–water partition coefficient (Wildman–Crippen LogP) is 2.16. The molecule has 0 saturated heterocycles. The maximum absolute atomic E-state index is 12.0. The zero-order valence-corrected chi connectivity index (χ0v) is 10.5. The molecule has 0 bridgehead atoms. The van der Waals surface area contributed by atoms with Crippen LogP contribution in [0.1, 0.15) is 24.2 Å². The third kappa shape index (κ3) is 2.64. The number of fused-ring (bicyclic) bond motifs is 1. The maximum atomic E-state index is 12.0. The molecule has 1 amide bonds. The van der Waals surface area contributed by atoms with Gasteiger partial charge in [-0.25, -0.2) is 0 Å². The molecule has 1 N–H and O–H groups in total. The summed E-state index contributed by atoms with van der Waals surface area (Å²) in [5.74, 6) is 1.44. The highest BCUT2D eigenvalue weighted by atomic mass is 35.5. The van der Waals surface area contributed by atoms with Crippen molar-refractivity contribution in [1.82, 2.24) is 5.32 Å². The zero-order chi connectivity index (χ0) is 12.5. The van der Waals surface area contributed by atoms with Crippen LogP contribution < -0.4 is 14.8 Å². The Bertz CT molecular complexity index is 445. The first-order valence-electron chi connectivity index (χ1n) is 5.30. The van der Waals surface area contributed by atoms with Crippen molar-refractivity contribution in [2.75, 3.05) is 12.7 Å². The summed E-state index contributed by atoms with van der Waals surface area (Å²) < 4.78 is 10.4. The highest BCUT2D eigenvalue weighted by Gasteiger charge is 2.22. The van der Waals surface area contributed by atoms with Crippen molar-refractivity contribution in [1.29, 1.82) is 0 Å². The third-order valence-corrected chi connectivity index (χ3v) is 3.09. The molecule has 0 aromatic heterocycles. The van der Waals surface area contributed by atoms with Crippen molar-refractivity contribution in [2.45, 2.75) is 19.4 Å². The van der Waals surface area contributed by atoms with Crippen LogP contribution in [0.4, 0.5) is 0 Å². The van der Waals surface area contributed by atoms with E-state index in [-0.39, 0.29) is 12.7 Å². The van der Waals surface area contributed by atoms with Gasteiger partial charge in [0.2, 0.25) is 6.79 Å². The number of carbonyl (C=O) groups is 1. The molecule has 0 atom stereocenters. The van der Waals surface area contributed by atoms with Crippen LogP contribution in [-0.4, -0.2) is 24.1 Å². The van der Waals surface area contributed by atoms with E-state index in [0.717, 1.165) is 0 Å².